The van der Waals surface area contributed by atoms with Gasteiger partial charge in [0.05, 0.1) is 0 Å². The second-order valence-corrected chi connectivity index (χ2v) is 21.8. The Balaban J connectivity index is 2.05. The molecule has 0 fully saturated rings. The minimum atomic E-state index is -2.36. The summed E-state index contributed by atoms with van der Waals surface area (Å²) in [5, 5.41) is 0. The van der Waals surface area contributed by atoms with Gasteiger partial charge in [-0.3, -0.25) is 0 Å². The summed E-state index contributed by atoms with van der Waals surface area (Å²) in [5.41, 5.74) is 1.08. The van der Waals surface area contributed by atoms with Crippen LogP contribution in [0.2, 0.25) is 13.3 Å². The number of hydrogen-bond acceptors (Lipinski definition) is 2. The Kier molecular flexibility index (Phi) is 12.4. The van der Waals surface area contributed by atoms with Gasteiger partial charge in [-0.25, -0.2) is 4.39 Å². The Morgan fingerprint density at radius 2 is 1.16 bits per heavy atom. The first kappa shape index (κ1) is 26.0. The summed E-state index contributed by atoms with van der Waals surface area (Å²) in [7, 11) is 0. The summed E-state index contributed by atoms with van der Waals surface area (Å²) < 4.78 is 29.7. The molecule has 4 heteroatoms. The van der Waals surface area contributed by atoms with Crippen molar-refractivity contribution in [3.8, 4) is 11.5 Å². The molecule has 172 valence electrons. The molecular weight excluding hydrogens is 494 g/mol. The van der Waals surface area contributed by atoms with Crippen LogP contribution in [0.3, 0.4) is 0 Å². The molecule has 2 rings (SSSR count). The van der Waals surface area contributed by atoms with Crippen LogP contribution >= 0.6 is 0 Å². The van der Waals surface area contributed by atoms with Gasteiger partial charge in [-0.05, 0) is 0 Å². The SMILES string of the molecule is CCC[CH2][Sn]([CH2]CCC)([CH2]CCC)[c]1ccc(OCc2ccc(OCCF)cc2)cc1. The Bertz CT molecular complexity index is 693. The molecule has 0 spiro atoms. The van der Waals surface area contributed by atoms with Crippen LogP contribution < -0.4 is 13.1 Å². The number of hydrogen-bond donors (Lipinski definition) is 0. The zero-order chi connectivity index (χ0) is 22.4. The Morgan fingerprint density at radius 1 is 0.677 bits per heavy atom. The molecule has 0 saturated heterocycles. The molecule has 0 heterocycles. The van der Waals surface area contributed by atoms with Gasteiger partial charge < -0.3 is 0 Å². The topological polar surface area (TPSA) is 18.5 Å². The summed E-state index contributed by atoms with van der Waals surface area (Å²) >= 11 is -2.36. The van der Waals surface area contributed by atoms with Crippen molar-refractivity contribution < 1.29 is 13.9 Å². The molecule has 0 aliphatic carbocycles. The van der Waals surface area contributed by atoms with Crippen molar-refractivity contribution in [1.29, 1.82) is 0 Å². The van der Waals surface area contributed by atoms with Gasteiger partial charge in [0.2, 0.25) is 0 Å². The molecule has 0 saturated carbocycles. The summed E-state index contributed by atoms with van der Waals surface area (Å²) in [6, 6.07) is 16.8. The van der Waals surface area contributed by atoms with E-state index in [1.807, 2.05) is 24.3 Å². The standard InChI is InChI=1S/C15H14FO2.3C4H9.Sn/c16-10-11-17-15-8-6-13(7-9-15)12-18-14-4-2-1-3-5-14;3*1-3-4-2;/h2-9H,10-12H2;3*1,3-4H2,2H3;. The Morgan fingerprint density at radius 3 is 1.65 bits per heavy atom. The van der Waals surface area contributed by atoms with E-state index in [1.165, 1.54) is 51.8 Å². The second-order valence-electron chi connectivity index (χ2n) is 8.59. The van der Waals surface area contributed by atoms with Gasteiger partial charge in [-0.15, -0.1) is 0 Å². The van der Waals surface area contributed by atoms with Crippen molar-refractivity contribution in [1.82, 2.24) is 0 Å². The van der Waals surface area contributed by atoms with E-state index < -0.39 is 25.1 Å². The molecule has 0 aromatic heterocycles. The zero-order valence-electron chi connectivity index (χ0n) is 19.8. The number of benzene rings is 2. The molecule has 0 aliphatic rings. The fourth-order valence-corrected chi connectivity index (χ4v) is 20.2. The van der Waals surface area contributed by atoms with Crippen molar-refractivity contribution in [3.63, 3.8) is 0 Å². The average molecular weight is 535 g/mol. The number of ether oxygens (including phenoxy) is 2. The van der Waals surface area contributed by atoms with E-state index in [4.69, 9.17) is 9.47 Å². The average Bonchev–Trinajstić information content (AvgIpc) is 2.82. The van der Waals surface area contributed by atoms with E-state index in [0.29, 0.717) is 12.4 Å². The van der Waals surface area contributed by atoms with E-state index in [1.54, 1.807) is 3.58 Å². The summed E-state index contributed by atoms with van der Waals surface area (Å²) in [6.07, 6.45) is 8.05. The van der Waals surface area contributed by atoms with E-state index in [2.05, 4.69) is 45.0 Å². The molecule has 2 aromatic carbocycles. The first-order valence-electron chi connectivity index (χ1n) is 12.2. The first-order valence-corrected chi connectivity index (χ1v) is 19.7. The van der Waals surface area contributed by atoms with E-state index >= 15 is 0 Å². The van der Waals surface area contributed by atoms with Crippen LogP contribution in [-0.4, -0.2) is 31.7 Å². The molecular formula is C27H41FO2Sn. The van der Waals surface area contributed by atoms with Crippen molar-refractivity contribution in [2.75, 3.05) is 13.3 Å². The second kappa shape index (κ2) is 14.8. The van der Waals surface area contributed by atoms with Crippen LogP contribution in [-0.2, 0) is 6.61 Å². The molecule has 2 nitrogen and oxygen atoms in total. The molecule has 31 heavy (non-hydrogen) atoms. The fourth-order valence-electron chi connectivity index (χ4n) is 4.26. The predicted molar refractivity (Wildman–Crippen MR) is 133 cm³/mol. The predicted octanol–water partition coefficient (Wildman–Crippen LogP) is 7.67. The van der Waals surface area contributed by atoms with Crippen LogP contribution in [0.25, 0.3) is 0 Å². The summed E-state index contributed by atoms with van der Waals surface area (Å²) in [5.74, 6) is 1.63. The number of rotatable bonds is 16. The normalized spacial score (nSPS) is 11.5. The molecule has 0 radical (unpaired) electrons. The van der Waals surface area contributed by atoms with Gasteiger partial charge in [0.25, 0.3) is 0 Å². The van der Waals surface area contributed by atoms with E-state index in [9.17, 15) is 4.39 Å². The van der Waals surface area contributed by atoms with Crippen molar-refractivity contribution >= 4 is 22.0 Å². The fraction of sp³-hybridized carbons (Fsp3) is 0.556. The molecule has 0 amide bonds. The van der Waals surface area contributed by atoms with Crippen LogP contribution in [0.4, 0.5) is 4.39 Å². The van der Waals surface area contributed by atoms with E-state index in [-0.39, 0.29) is 6.61 Å². The maximum atomic E-state index is 12.2. The third kappa shape index (κ3) is 8.67. The van der Waals surface area contributed by atoms with Crippen LogP contribution in [0.1, 0.15) is 64.9 Å². The molecule has 0 aliphatic heterocycles. The maximum absolute atomic E-state index is 12.2. The molecule has 0 N–H and O–H groups in total. The van der Waals surface area contributed by atoms with Crippen molar-refractivity contribution in [3.05, 3.63) is 54.1 Å². The van der Waals surface area contributed by atoms with Crippen molar-refractivity contribution in [2.45, 2.75) is 79.2 Å². The summed E-state index contributed by atoms with van der Waals surface area (Å²) in [4.78, 5) is 0. The van der Waals surface area contributed by atoms with Gasteiger partial charge in [0, 0.05) is 0 Å². The van der Waals surface area contributed by atoms with Crippen molar-refractivity contribution in [2.24, 2.45) is 0 Å². The third-order valence-electron chi connectivity index (χ3n) is 6.17. The van der Waals surface area contributed by atoms with Gasteiger partial charge in [-0.2, -0.15) is 0 Å². The zero-order valence-corrected chi connectivity index (χ0v) is 22.7. The van der Waals surface area contributed by atoms with Gasteiger partial charge in [-0.1, -0.05) is 0 Å². The van der Waals surface area contributed by atoms with Gasteiger partial charge in [0.1, 0.15) is 6.67 Å². The van der Waals surface area contributed by atoms with Crippen LogP contribution in [0, 0.1) is 0 Å². The first-order chi connectivity index (χ1) is 15.2. The van der Waals surface area contributed by atoms with E-state index in [0.717, 1.165) is 11.3 Å². The number of alkyl halides is 1. The molecule has 0 bridgehead atoms. The Labute approximate surface area is 193 Å². The monoisotopic (exact) mass is 536 g/mol. The van der Waals surface area contributed by atoms with Gasteiger partial charge >= 0.3 is 183 Å². The Hall–Kier alpha value is -1.23. The molecule has 2 aromatic rings. The third-order valence-corrected chi connectivity index (χ3v) is 21.8. The number of unbranched alkanes of at least 4 members (excludes halogenated alkanes) is 3. The molecule has 0 atom stereocenters. The summed E-state index contributed by atoms with van der Waals surface area (Å²) in [6.45, 7) is 7.14. The van der Waals surface area contributed by atoms with Crippen LogP contribution in [0.5, 0.6) is 11.5 Å². The van der Waals surface area contributed by atoms with Crippen LogP contribution in [0.15, 0.2) is 48.5 Å². The quantitative estimate of drug-likeness (QED) is 0.206. The number of halogens is 1. The van der Waals surface area contributed by atoms with Gasteiger partial charge in [0.15, 0.2) is 0 Å². The minimum absolute atomic E-state index is 0.101. The molecule has 0 unspecified atom stereocenters.